The van der Waals surface area contributed by atoms with Crippen LogP contribution in [0, 0.1) is 11.3 Å². The third-order valence-electron chi connectivity index (χ3n) is 3.00. The van der Waals surface area contributed by atoms with E-state index >= 15 is 0 Å². The van der Waals surface area contributed by atoms with Gasteiger partial charge in [-0.1, -0.05) is 27.7 Å². The lowest BCUT2D eigenvalue weighted by Gasteiger charge is -2.26. The van der Waals surface area contributed by atoms with Gasteiger partial charge in [0.2, 0.25) is 5.91 Å². The van der Waals surface area contributed by atoms with Gasteiger partial charge in [0.15, 0.2) is 0 Å². The predicted molar refractivity (Wildman–Crippen MR) is 57.9 cm³/mol. The molecular formula is C11H23NO2. The van der Waals surface area contributed by atoms with E-state index in [1.807, 2.05) is 34.6 Å². The molecule has 3 nitrogen and oxygen atoms in total. The molecule has 0 aromatic carbocycles. The fourth-order valence-electron chi connectivity index (χ4n) is 0.863. The minimum absolute atomic E-state index is 0.0262. The molecule has 0 aliphatic rings. The van der Waals surface area contributed by atoms with E-state index in [1.54, 1.807) is 0 Å². The van der Waals surface area contributed by atoms with Crippen LogP contribution in [0.3, 0.4) is 0 Å². The normalized spacial score (nSPS) is 16.1. The number of nitrogens with one attached hydrogen (secondary N) is 1. The van der Waals surface area contributed by atoms with E-state index in [9.17, 15) is 4.79 Å². The number of amides is 1. The number of hydrogen-bond donors (Lipinski definition) is 2. The van der Waals surface area contributed by atoms with Crippen molar-refractivity contribution in [3.8, 4) is 0 Å². The molecule has 3 heteroatoms. The molecule has 0 rings (SSSR count). The zero-order valence-electron chi connectivity index (χ0n) is 9.92. The van der Waals surface area contributed by atoms with E-state index in [1.165, 1.54) is 0 Å². The molecule has 0 radical (unpaired) electrons. The highest BCUT2D eigenvalue weighted by atomic mass is 16.3. The smallest absolute Gasteiger partial charge is 0.225 e. The van der Waals surface area contributed by atoms with Crippen molar-refractivity contribution >= 4 is 5.91 Å². The van der Waals surface area contributed by atoms with E-state index in [2.05, 4.69) is 5.32 Å². The molecule has 0 fully saturated rings. The molecule has 2 unspecified atom stereocenters. The van der Waals surface area contributed by atoms with Gasteiger partial charge in [-0.2, -0.15) is 0 Å². The highest BCUT2D eigenvalue weighted by Crippen LogP contribution is 2.20. The van der Waals surface area contributed by atoms with Crippen molar-refractivity contribution in [2.24, 2.45) is 11.3 Å². The Hall–Kier alpha value is -0.570. The van der Waals surface area contributed by atoms with Crippen LogP contribution in [-0.2, 0) is 4.79 Å². The van der Waals surface area contributed by atoms with Crippen molar-refractivity contribution < 1.29 is 9.90 Å². The van der Waals surface area contributed by atoms with E-state index < -0.39 is 0 Å². The molecular weight excluding hydrogens is 178 g/mol. The predicted octanol–water partition coefficient (Wildman–Crippen LogP) is 1.56. The molecule has 0 saturated heterocycles. The second-order valence-electron chi connectivity index (χ2n) is 4.66. The first kappa shape index (κ1) is 13.4. The average Bonchev–Trinajstić information content (AvgIpc) is 2.16. The minimum Gasteiger partial charge on any atom is -0.396 e. The lowest BCUT2D eigenvalue weighted by Crippen LogP contribution is -2.44. The van der Waals surface area contributed by atoms with Gasteiger partial charge in [0.25, 0.3) is 0 Å². The standard InChI is InChI=1S/C11H23NO2/c1-6-11(4,5)10(14)12-9(3)8(2)7-13/h8-9,13H,6-7H2,1-5H3,(H,12,14). The summed E-state index contributed by atoms with van der Waals surface area (Å²) in [4.78, 5) is 11.7. The van der Waals surface area contributed by atoms with Crippen molar-refractivity contribution in [1.82, 2.24) is 5.32 Å². The molecule has 2 atom stereocenters. The highest BCUT2D eigenvalue weighted by Gasteiger charge is 2.27. The molecule has 0 aliphatic carbocycles. The van der Waals surface area contributed by atoms with E-state index in [4.69, 9.17) is 5.11 Å². The lowest BCUT2D eigenvalue weighted by molar-refractivity contribution is -0.130. The Labute approximate surface area is 86.9 Å². The van der Waals surface area contributed by atoms with E-state index in [0.717, 1.165) is 6.42 Å². The number of aliphatic hydroxyl groups excluding tert-OH is 1. The van der Waals surface area contributed by atoms with Crippen molar-refractivity contribution in [1.29, 1.82) is 0 Å². The summed E-state index contributed by atoms with van der Waals surface area (Å²) in [5.41, 5.74) is -0.316. The van der Waals surface area contributed by atoms with E-state index in [-0.39, 0.29) is 29.9 Å². The Morgan fingerprint density at radius 2 is 1.93 bits per heavy atom. The monoisotopic (exact) mass is 201 g/mol. The Morgan fingerprint density at radius 1 is 1.43 bits per heavy atom. The van der Waals surface area contributed by atoms with Crippen LogP contribution in [0.2, 0.25) is 0 Å². The van der Waals surface area contributed by atoms with Gasteiger partial charge in [-0.25, -0.2) is 0 Å². The van der Waals surface area contributed by atoms with Gasteiger partial charge in [-0.3, -0.25) is 4.79 Å². The summed E-state index contributed by atoms with van der Waals surface area (Å²) in [6.07, 6.45) is 0.819. The molecule has 0 saturated carbocycles. The SMILES string of the molecule is CCC(C)(C)C(=O)NC(C)C(C)CO. The number of aliphatic hydroxyl groups is 1. The Balaban J connectivity index is 4.19. The molecule has 0 aliphatic heterocycles. The van der Waals surface area contributed by atoms with Crippen molar-refractivity contribution in [2.75, 3.05) is 6.61 Å². The summed E-state index contributed by atoms with van der Waals surface area (Å²) in [6, 6.07) is 0.0262. The molecule has 2 N–H and O–H groups in total. The zero-order valence-corrected chi connectivity index (χ0v) is 9.92. The van der Waals surface area contributed by atoms with Crippen LogP contribution in [-0.4, -0.2) is 23.7 Å². The Bertz CT molecular complexity index is 190. The number of carbonyl (C=O) groups excluding carboxylic acids is 1. The lowest BCUT2D eigenvalue weighted by atomic mass is 9.88. The average molecular weight is 201 g/mol. The number of rotatable bonds is 5. The fourth-order valence-corrected chi connectivity index (χ4v) is 0.863. The second-order valence-corrected chi connectivity index (χ2v) is 4.66. The fraction of sp³-hybridized carbons (Fsp3) is 0.909. The summed E-state index contributed by atoms with van der Waals surface area (Å²) < 4.78 is 0. The van der Waals surface area contributed by atoms with Crippen molar-refractivity contribution in [3.63, 3.8) is 0 Å². The van der Waals surface area contributed by atoms with Crippen LogP contribution in [0.1, 0.15) is 41.0 Å². The van der Waals surface area contributed by atoms with Gasteiger partial charge in [0, 0.05) is 18.1 Å². The quantitative estimate of drug-likeness (QED) is 0.709. The Kier molecular flexibility index (Phi) is 5.13. The van der Waals surface area contributed by atoms with Gasteiger partial charge in [-0.05, 0) is 19.3 Å². The molecule has 1 amide bonds. The summed E-state index contributed by atoms with van der Waals surface area (Å²) in [7, 11) is 0. The number of hydrogen-bond acceptors (Lipinski definition) is 2. The summed E-state index contributed by atoms with van der Waals surface area (Å²) >= 11 is 0. The molecule has 0 aromatic heterocycles. The van der Waals surface area contributed by atoms with Gasteiger partial charge in [-0.15, -0.1) is 0 Å². The van der Waals surface area contributed by atoms with Crippen LogP contribution in [0.15, 0.2) is 0 Å². The first-order chi connectivity index (χ1) is 6.35. The molecule has 0 aromatic rings. The first-order valence-corrected chi connectivity index (χ1v) is 5.27. The van der Waals surface area contributed by atoms with Crippen LogP contribution in [0.25, 0.3) is 0 Å². The third-order valence-corrected chi connectivity index (χ3v) is 3.00. The first-order valence-electron chi connectivity index (χ1n) is 5.27. The maximum atomic E-state index is 11.7. The second kappa shape index (κ2) is 5.35. The van der Waals surface area contributed by atoms with Crippen molar-refractivity contribution in [2.45, 2.75) is 47.1 Å². The van der Waals surface area contributed by atoms with Gasteiger partial charge in [0.05, 0.1) is 0 Å². The van der Waals surface area contributed by atoms with Crippen LogP contribution in [0.5, 0.6) is 0 Å². The number of carbonyl (C=O) groups is 1. The zero-order chi connectivity index (χ0) is 11.4. The van der Waals surface area contributed by atoms with Gasteiger partial charge in [0.1, 0.15) is 0 Å². The van der Waals surface area contributed by atoms with Crippen LogP contribution >= 0.6 is 0 Å². The van der Waals surface area contributed by atoms with Crippen LogP contribution in [0.4, 0.5) is 0 Å². The van der Waals surface area contributed by atoms with Crippen LogP contribution < -0.4 is 5.32 Å². The van der Waals surface area contributed by atoms with Crippen molar-refractivity contribution in [3.05, 3.63) is 0 Å². The molecule has 0 spiro atoms. The highest BCUT2D eigenvalue weighted by molar-refractivity contribution is 5.81. The minimum atomic E-state index is -0.316. The molecule has 14 heavy (non-hydrogen) atoms. The summed E-state index contributed by atoms with van der Waals surface area (Å²) in [5, 5.41) is 11.8. The Morgan fingerprint density at radius 3 is 2.29 bits per heavy atom. The third kappa shape index (κ3) is 3.66. The largest absolute Gasteiger partial charge is 0.396 e. The van der Waals surface area contributed by atoms with Gasteiger partial charge >= 0.3 is 0 Å². The topological polar surface area (TPSA) is 49.3 Å². The molecule has 84 valence electrons. The maximum Gasteiger partial charge on any atom is 0.225 e. The maximum absolute atomic E-state index is 11.7. The molecule has 0 heterocycles. The van der Waals surface area contributed by atoms with E-state index in [0.29, 0.717) is 0 Å². The summed E-state index contributed by atoms with van der Waals surface area (Å²) in [5.74, 6) is 0.166. The molecule has 0 bridgehead atoms. The van der Waals surface area contributed by atoms with Gasteiger partial charge < -0.3 is 10.4 Å². The summed E-state index contributed by atoms with van der Waals surface area (Å²) in [6.45, 7) is 9.81.